The van der Waals surface area contributed by atoms with Crippen LogP contribution in [-0.4, -0.2) is 25.1 Å². The molecule has 0 heterocycles. The number of aryl methyl sites for hydroxylation is 1. The molecular formula is C12H14ClNO4. The molecule has 1 aromatic carbocycles. The van der Waals surface area contributed by atoms with Crippen LogP contribution in [0, 0.1) is 6.92 Å². The molecule has 1 aromatic rings. The highest BCUT2D eigenvalue weighted by Gasteiger charge is 2.07. The molecule has 0 saturated heterocycles. The lowest BCUT2D eigenvalue weighted by molar-refractivity contribution is -0.146. The van der Waals surface area contributed by atoms with Gasteiger partial charge in [0.05, 0.1) is 11.4 Å². The number of esters is 1. The van der Waals surface area contributed by atoms with E-state index in [0.29, 0.717) is 10.8 Å². The van der Waals surface area contributed by atoms with Crippen molar-refractivity contribution in [3.63, 3.8) is 0 Å². The topological polar surface area (TPSA) is 78.6 Å². The van der Waals surface area contributed by atoms with E-state index < -0.39 is 11.9 Å². The monoisotopic (exact) mass is 271 g/mol. The smallest absolute Gasteiger partial charge is 0.344 e. The van der Waals surface area contributed by atoms with Gasteiger partial charge in [-0.05, 0) is 24.6 Å². The largest absolute Gasteiger partial charge is 0.480 e. The summed E-state index contributed by atoms with van der Waals surface area (Å²) < 4.78 is 9.95. The molecule has 98 valence electrons. The molecule has 0 aliphatic heterocycles. The van der Waals surface area contributed by atoms with Crippen molar-refractivity contribution in [1.82, 2.24) is 0 Å². The van der Waals surface area contributed by atoms with Crippen LogP contribution >= 0.6 is 11.6 Å². The highest BCUT2D eigenvalue weighted by molar-refractivity contribution is 6.32. The fourth-order valence-corrected chi connectivity index (χ4v) is 1.34. The minimum atomic E-state index is -0.575. The van der Waals surface area contributed by atoms with Gasteiger partial charge in [-0.25, -0.2) is 4.79 Å². The van der Waals surface area contributed by atoms with Gasteiger partial charge in [-0.3, -0.25) is 4.79 Å². The zero-order valence-electron chi connectivity index (χ0n) is 9.94. The Hall–Kier alpha value is -1.75. The number of carbonyl (C=O) groups excluding carboxylic acids is 2. The molecule has 2 N–H and O–H groups in total. The van der Waals surface area contributed by atoms with E-state index in [-0.39, 0.29) is 19.6 Å². The third-order valence-corrected chi connectivity index (χ3v) is 2.36. The SMILES string of the molecule is Cc1ccc(Cl)c(OCC(=O)OCCC(N)=O)c1. The zero-order chi connectivity index (χ0) is 13.5. The van der Waals surface area contributed by atoms with Crippen LogP contribution in [0.25, 0.3) is 0 Å². The Bertz CT molecular complexity index is 448. The number of amides is 1. The van der Waals surface area contributed by atoms with Crippen molar-refractivity contribution in [1.29, 1.82) is 0 Å². The first kappa shape index (κ1) is 14.3. The Morgan fingerprint density at radius 2 is 2.11 bits per heavy atom. The van der Waals surface area contributed by atoms with Crippen LogP contribution in [-0.2, 0) is 14.3 Å². The van der Waals surface area contributed by atoms with Crippen LogP contribution in [0.3, 0.4) is 0 Å². The number of hydrogen-bond donors (Lipinski definition) is 1. The second-order valence-electron chi connectivity index (χ2n) is 3.66. The van der Waals surface area contributed by atoms with Gasteiger partial charge in [0.1, 0.15) is 12.4 Å². The van der Waals surface area contributed by atoms with E-state index in [4.69, 9.17) is 26.8 Å². The lowest BCUT2D eigenvalue weighted by Gasteiger charge is -2.08. The summed E-state index contributed by atoms with van der Waals surface area (Å²) in [5, 5.41) is 0.422. The minimum absolute atomic E-state index is 0.00303. The summed E-state index contributed by atoms with van der Waals surface area (Å²) in [4.78, 5) is 21.7. The number of benzene rings is 1. The van der Waals surface area contributed by atoms with Crippen molar-refractivity contribution in [2.45, 2.75) is 13.3 Å². The van der Waals surface area contributed by atoms with Gasteiger partial charge in [0.2, 0.25) is 5.91 Å². The molecular weight excluding hydrogens is 258 g/mol. The summed E-state index contributed by atoms with van der Waals surface area (Å²) in [5.41, 5.74) is 5.87. The Morgan fingerprint density at radius 3 is 2.78 bits per heavy atom. The fraction of sp³-hybridized carbons (Fsp3) is 0.333. The summed E-state index contributed by atoms with van der Waals surface area (Å²) in [7, 11) is 0. The van der Waals surface area contributed by atoms with Gasteiger partial charge < -0.3 is 15.2 Å². The van der Waals surface area contributed by atoms with Crippen LogP contribution in [0.15, 0.2) is 18.2 Å². The van der Waals surface area contributed by atoms with E-state index in [1.165, 1.54) is 0 Å². The first-order valence-electron chi connectivity index (χ1n) is 5.32. The molecule has 0 fully saturated rings. The first-order chi connectivity index (χ1) is 8.49. The second-order valence-corrected chi connectivity index (χ2v) is 4.07. The maximum absolute atomic E-state index is 11.3. The molecule has 0 aromatic heterocycles. The number of hydrogen-bond acceptors (Lipinski definition) is 4. The molecule has 0 radical (unpaired) electrons. The molecule has 5 nitrogen and oxygen atoms in total. The van der Waals surface area contributed by atoms with Crippen molar-refractivity contribution in [3.8, 4) is 5.75 Å². The maximum atomic E-state index is 11.3. The van der Waals surface area contributed by atoms with Crippen molar-refractivity contribution in [2.75, 3.05) is 13.2 Å². The highest BCUT2D eigenvalue weighted by Crippen LogP contribution is 2.25. The van der Waals surface area contributed by atoms with Crippen LogP contribution in [0.1, 0.15) is 12.0 Å². The lowest BCUT2D eigenvalue weighted by atomic mass is 10.2. The summed E-state index contributed by atoms with van der Waals surface area (Å²) >= 11 is 5.89. The molecule has 0 spiro atoms. The zero-order valence-corrected chi connectivity index (χ0v) is 10.7. The highest BCUT2D eigenvalue weighted by atomic mass is 35.5. The van der Waals surface area contributed by atoms with Gasteiger partial charge >= 0.3 is 5.97 Å². The summed E-state index contributed by atoms with van der Waals surface area (Å²) in [6.07, 6.45) is -0.00303. The van der Waals surface area contributed by atoms with E-state index in [1.807, 2.05) is 13.0 Å². The normalized spacial score (nSPS) is 9.89. The van der Waals surface area contributed by atoms with E-state index in [0.717, 1.165) is 5.56 Å². The molecule has 1 rings (SSSR count). The van der Waals surface area contributed by atoms with E-state index in [2.05, 4.69) is 0 Å². The van der Waals surface area contributed by atoms with E-state index in [9.17, 15) is 9.59 Å². The van der Waals surface area contributed by atoms with Gasteiger partial charge in [-0.15, -0.1) is 0 Å². The first-order valence-corrected chi connectivity index (χ1v) is 5.69. The van der Waals surface area contributed by atoms with Crippen LogP contribution in [0.2, 0.25) is 5.02 Å². The summed E-state index contributed by atoms with van der Waals surface area (Å²) in [6, 6.07) is 5.24. The third-order valence-electron chi connectivity index (χ3n) is 2.04. The molecule has 1 amide bonds. The van der Waals surface area contributed by atoms with Crippen molar-refractivity contribution < 1.29 is 19.1 Å². The number of primary amides is 1. The Balaban J connectivity index is 2.38. The van der Waals surface area contributed by atoms with Crippen molar-refractivity contribution in [2.24, 2.45) is 5.73 Å². The standard InChI is InChI=1S/C12H14ClNO4/c1-8-2-3-9(13)10(6-8)18-7-12(16)17-5-4-11(14)15/h2-3,6H,4-5,7H2,1H3,(H2,14,15). The molecule has 0 atom stereocenters. The van der Waals surface area contributed by atoms with Gasteiger partial charge in [-0.1, -0.05) is 17.7 Å². The number of carbonyl (C=O) groups is 2. The Morgan fingerprint density at radius 1 is 1.39 bits per heavy atom. The molecule has 0 unspecified atom stereocenters. The second kappa shape index (κ2) is 6.86. The molecule has 6 heteroatoms. The number of halogens is 1. The van der Waals surface area contributed by atoms with Gasteiger partial charge in [0.25, 0.3) is 0 Å². The Labute approximate surface area is 110 Å². The maximum Gasteiger partial charge on any atom is 0.344 e. The van der Waals surface area contributed by atoms with Crippen LogP contribution < -0.4 is 10.5 Å². The molecule has 0 saturated carbocycles. The molecule has 0 aliphatic carbocycles. The van der Waals surface area contributed by atoms with E-state index in [1.54, 1.807) is 12.1 Å². The summed E-state index contributed by atoms with van der Waals surface area (Å²) in [6.45, 7) is 1.58. The molecule has 0 bridgehead atoms. The van der Waals surface area contributed by atoms with Gasteiger partial charge in [-0.2, -0.15) is 0 Å². The third kappa shape index (κ3) is 5.05. The van der Waals surface area contributed by atoms with Gasteiger partial charge in [0, 0.05) is 0 Å². The van der Waals surface area contributed by atoms with Crippen LogP contribution in [0.5, 0.6) is 5.75 Å². The predicted octanol–water partition coefficient (Wildman–Crippen LogP) is 1.45. The van der Waals surface area contributed by atoms with Gasteiger partial charge in [0.15, 0.2) is 6.61 Å². The quantitative estimate of drug-likeness (QED) is 0.794. The lowest BCUT2D eigenvalue weighted by Crippen LogP contribution is -2.19. The van der Waals surface area contributed by atoms with Crippen molar-refractivity contribution >= 4 is 23.5 Å². The average molecular weight is 272 g/mol. The van der Waals surface area contributed by atoms with Crippen molar-refractivity contribution in [3.05, 3.63) is 28.8 Å². The predicted molar refractivity (Wildman–Crippen MR) is 66.5 cm³/mol. The summed E-state index contributed by atoms with van der Waals surface area (Å²) in [5.74, 6) is -0.678. The number of rotatable bonds is 6. The molecule has 18 heavy (non-hydrogen) atoms. The molecule has 0 aliphatic rings. The number of nitrogens with two attached hydrogens (primary N) is 1. The average Bonchev–Trinajstić information content (AvgIpc) is 2.30. The van der Waals surface area contributed by atoms with E-state index >= 15 is 0 Å². The number of ether oxygens (including phenoxy) is 2. The fourth-order valence-electron chi connectivity index (χ4n) is 1.16. The van der Waals surface area contributed by atoms with Crippen LogP contribution in [0.4, 0.5) is 0 Å². The minimum Gasteiger partial charge on any atom is -0.480 e. The Kier molecular flexibility index (Phi) is 5.45.